The Morgan fingerprint density at radius 1 is 1.25 bits per heavy atom. The van der Waals surface area contributed by atoms with Gasteiger partial charge in [-0.2, -0.15) is 5.10 Å². The van der Waals surface area contributed by atoms with Crippen LogP contribution < -0.4 is 0 Å². The highest BCUT2D eigenvalue weighted by molar-refractivity contribution is 8.00. The van der Waals surface area contributed by atoms with Crippen LogP contribution in [0.25, 0.3) is 0 Å². The van der Waals surface area contributed by atoms with Crippen LogP contribution in [0, 0.1) is 0 Å². The summed E-state index contributed by atoms with van der Waals surface area (Å²) in [6.07, 6.45) is 1.38. The number of carbonyl (C=O) groups excluding carboxylic acids is 1. The Hall–Kier alpha value is -1.55. The molecule has 0 fully saturated rings. The number of aryl methyl sites for hydroxylation is 2. The van der Waals surface area contributed by atoms with Gasteiger partial charge in [0.05, 0.1) is 11.4 Å². The van der Waals surface area contributed by atoms with Crippen LogP contribution in [-0.4, -0.2) is 21.3 Å². The molecule has 0 atom stereocenters. The van der Waals surface area contributed by atoms with Gasteiger partial charge in [-0.15, -0.1) is 11.8 Å². The van der Waals surface area contributed by atoms with Crippen molar-refractivity contribution in [1.29, 1.82) is 0 Å². The molecule has 1 aromatic heterocycles. The molecule has 20 heavy (non-hydrogen) atoms. The highest BCUT2D eigenvalue weighted by atomic mass is 32.2. The Morgan fingerprint density at radius 2 is 2.00 bits per heavy atom. The van der Waals surface area contributed by atoms with Crippen molar-refractivity contribution in [1.82, 2.24) is 9.78 Å². The molecule has 0 spiro atoms. The molecule has 0 radical (unpaired) electrons. The lowest BCUT2D eigenvalue weighted by atomic mass is 10.2. The third-order valence-electron chi connectivity index (χ3n) is 3.10. The summed E-state index contributed by atoms with van der Waals surface area (Å²) in [5.74, 6) is 0.761. The first-order valence-electron chi connectivity index (χ1n) is 6.98. The van der Waals surface area contributed by atoms with Gasteiger partial charge in [-0.05, 0) is 31.5 Å². The third kappa shape index (κ3) is 3.97. The van der Waals surface area contributed by atoms with Crippen molar-refractivity contribution in [3.05, 3.63) is 47.8 Å². The Bertz CT molecular complexity index is 563. The topological polar surface area (TPSA) is 34.9 Å². The number of carbonyl (C=O) groups is 1. The molecule has 2 rings (SSSR count). The zero-order valence-electron chi connectivity index (χ0n) is 12.0. The van der Waals surface area contributed by atoms with E-state index < -0.39 is 0 Å². The lowest BCUT2D eigenvalue weighted by Gasteiger charge is -2.04. The van der Waals surface area contributed by atoms with Crippen LogP contribution in [0.4, 0.5) is 0 Å². The predicted octanol–water partition coefficient (Wildman–Crippen LogP) is 3.37. The monoisotopic (exact) mass is 288 g/mol. The Labute approximate surface area is 124 Å². The zero-order chi connectivity index (χ0) is 14.4. The molecule has 0 amide bonds. The van der Waals surface area contributed by atoms with Crippen LogP contribution in [0.15, 0.2) is 41.3 Å². The van der Waals surface area contributed by atoms with E-state index in [1.165, 1.54) is 0 Å². The van der Waals surface area contributed by atoms with Gasteiger partial charge in [0.1, 0.15) is 5.78 Å². The third-order valence-corrected chi connectivity index (χ3v) is 4.17. The molecule has 0 N–H and O–H groups in total. The first-order chi connectivity index (χ1) is 9.72. The van der Waals surface area contributed by atoms with E-state index in [9.17, 15) is 4.79 Å². The molecule has 0 bridgehead atoms. The SMILES string of the molecule is CCc1cc(CC(=O)CSc2ccccc2)n(CC)n1. The number of hydrogen-bond donors (Lipinski definition) is 0. The quantitative estimate of drug-likeness (QED) is 0.733. The minimum atomic E-state index is 0.246. The van der Waals surface area contributed by atoms with Crippen LogP contribution in [0.2, 0.25) is 0 Å². The number of thioether (sulfide) groups is 1. The number of nitrogens with zero attached hydrogens (tertiary/aromatic N) is 2. The van der Waals surface area contributed by atoms with Crippen molar-refractivity contribution in [3.63, 3.8) is 0 Å². The smallest absolute Gasteiger partial charge is 0.149 e. The summed E-state index contributed by atoms with van der Waals surface area (Å²) >= 11 is 1.59. The van der Waals surface area contributed by atoms with Crippen molar-refractivity contribution in [2.24, 2.45) is 0 Å². The van der Waals surface area contributed by atoms with Crippen molar-refractivity contribution in [2.75, 3.05) is 5.75 Å². The summed E-state index contributed by atoms with van der Waals surface area (Å²) in [4.78, 5) is 13.2. The molecule has 0 aliphatic carbocycles. The normalized spacial score (nSPS) is 10.7. The molecule has 0 saturated heterocycles. The van der Waals surface area contributed by atoms with Gasteiger partial charge in [0, 0.05) is 23.6 Å². The predicted molar refractivity (Wildman–Crippen MR) is 83.2 cm³/mol. The molecule has 0 aliphatic heterocycles. The summed E-state index contributed by atoms with van der Waals surface area (Å²) < 4.78 is 1.93. The highest BCUT2D eigenvalue weighted by Gasteiger charge is 2.11. The lowest BCUT2D eigenvalue weighted by Crippen LogP contribution is -2.11. The second-order valence-corrected chi connectivity index (χ2v) is 5.66. The fourth-order valence-electron chi connectivity index (χ4n) is 2.04. The summed E-state index contributed by atoms with van der Waals surface area (Å²) in [5.41, 5.74) is 2.09. The number of rotatable bonds is 7. The average Bonchev–Trinajstić information content (AvgIpc) is 2.88. The Balaban J connectivity index is 1.92. The number of benzene rings is 1. The molecule has 4 heteroatoms. The average molecular weight is 288 g/mol. The molecular formula is C16H20N2OS. The van der Waals surface area contributed by atoms with Crippen LogP contribution in [-0.2, 0) is 24.2 Å². The maximum absolute atomic E-state index is 12.1. The van der Waals surface area contributed by atoms with Gasteiger partial charge >= 0.3 is 0 Å². The molecule has 1 heterocycles. The van der Waals surface area contributed by atoms with Gasteiger partial charge in [-0.3, -0.25) is 9.48 Å². The van der Waals surface area contributed by atoms with E-state index >= 15 is 0 Å². The second kappa shape index (κ2) is 7.29. The number of Topliss-reactive ketones (excluding diaryl/α,β-unsaturated/α-hetero) is 1. The van der Waals surface area contributed by atoms with Crippen LogP contribution in [0.5, 0.6) is 0 Å². The minimum absolute atomic E-state index is 0.246. The highest BCUT2D eigenvalue weighted by Crippen LogP contribution is 2.17. The van der Waals surface area contributed by atoms with Crippen molar-refractivity contribution < 1.29 is 4.79 Å². The van der Waals surface area contributed by atoms with E-state index in [-0.39, 0.29) is 5.78 Å². The largest absolute Gasteiger partial charge is 0.298 e. The van der Waals surface area contributed by atoms with Crippen LogP contribution in [0.1, 0.15) is 25.2 Å². The van der Waals surface area contributed by atoms with E-state index in [4.69, 9.17) is 0 Å². The molecule has 0 unspecified atom stereocenters. The Kier molecular flexibility index (Phi) is 5.41. The summed E-state index contributed by atoms with van der Waals surface area (Å²) in [7, 11) is 0. The van der Waals surface area contributed by atoms with Gasteiger partial charge in [0.2, 0.25) is 0 Å². The van der Waals surface area contributed by atoms with Crippen LogP contribution in [0.3, 0.4) is 0 Å². The van der Waals surface area contributed by atoms with Crippen molar-refractivity contribution in [3.8, 4) is 0 Å². The fraction of sp³-hybridized carbons (Fsp3) is 0.375. The van der Waals surface area contributed by atoms with E-state index in [2.05, 4.69) is 25.0 Å². The summed E-state index contributed by atoms with van der Waals surface area (Å²) in [6, 6.07) is 12.1. The van der Waals surface area contributed by atoms with Gasteiger partial charge in [0.25, 0.3) is 0 Å². The summed E-state index contributed by atoms with van der Waals surface area (Å²) in [6.45, 7) is 4.95. The maximum Gasteiger partial charge on any atom is 0.149 e. The van der Waals surface area contributed by atoms with Gasteiger partial charge < -0.3 is 0 Å². The van der Waals surface area contributed by atoms with Crippen molar-refractivity contribution in [2.45, 2.75) is 38.1 Å². The number of hydrogen-bond acceptors (Lipinski definition) is 3. The van der Waals surface area contributed by atoms with E-state index in [0.717, 1.165) is 29.2 Å². The van der Waals surface area contributed by atoms with E-state index in [1.54, 1.807) is 11.8 Å². The molecule has 106 valence electrons. The molecule has 2 aromatic rings. The molecule has 3 nitrogen and oxygen atoms in total. The first-order valence-corrected chi connectivity index (χ1v) is 7.96. The van der Waals surface area contributed by atoms with E-state index in [0.29, 0.717) is 12.2 Å². The van der Waals surface area contributed by atoms with Gasteiger partial charge in [-0.25, -0.2) is 0 Å². The van der Waals surface area contributed by atoms with E-state index in [1.807, 2.05) is 35.0 Å². The first kappa shape index (κ1) is 14.9. The minimum Gasteiger partial charge on any atom is -0.298 e. The molecule has 0 aliphatic rings. The number of ketones is 1. The van der Waals surface area contributed by atoms with Gasteiger partial charge in [0.15, 0.2) is 0 Å². The Morgan fingerprint density at radius 3 is 2.65 bits per heavy atom. The lowest BCUT2D eigenvalue weighted by molar-refractivity contribution is -0.116. The van der Waals surface area contributed by atoms with Crippen LogP contribution >= 0.6 is 11.8 Å². The maximum atomic E-state index is 12.1. The second-order valence-electron chi connectivity index (χ2n) is 4.61. The summed E-state index contributed by atoms with van der Waals surface area (Å²) in [5, 5.41) is 4.48. The molecular weight excluding hydrogens is 268 g/mol. The van der Waals surface area contributed by atoms with Gasteiger partial charge in [-0.1, -0.05) is 25.1 Å². The fourth-order valence-corrected chi connectivity index (χ4v) is 2.82. The molecule has 1 aromatic carbocycles. The number of aromatic nitrogens is 2. The standard InChI is InChI=1S/C16H20N2OS/c1-3-13-10-14(18(4-2)17-13)11-15(19)12-20-16-8-6-5-7-9-16/h5-10H,3-4,11-12H2,1-2H3. The van der Waals surface area contributed by atoms with Crippen molar-refractivity contribution >= 4 is 17.5 Å². The zero-order valence-corrected chi connectivity index (χ0v) is 12.8. The molecule has 0 saturated carbocycles.